The first kappa shape index (κ1) is 14.3. The van der Waals surface area contributed by atoms with Gasteiger partial charge in [-0.05, 0) is 30.2 Å². The van der Waals surface area contributed by atoms with E-state index in [2.05, 4.69) is 6.92 Å². The van der Waals surface area contributed by atoms with Gasteiger partial charge in [-0.1, -0.05) is 31.9 Å². The molecule has 97 valence electrons. The van der Waals surface area contributed by atoms with Crippen LogP contribution in [0.4, 0.5) is 0 Å². The van der Waals surface area contributed by atoms with Gasteiger partial charge in [0.2, 0.25) is 6.29 Å². The summed E-state index contributed by atoms with van der Waals surface area (Å²) >= 11 is 0. The molecule has 0 unspecified atom stereocenters. The second-order valence-corrected chi connectivity index (χ2v) is 3.92. The van der Waals surface area contributed by atoms with Crippen LogP contribution in [-0.4, -0.2) is 20.0 Å². The highest BCUT2D eigenvalue weighted by atomic mass is 16.5. The summed E-state index contributed by atoms with van der Waals surface area (Å²) in [6.45, 7) is 2.85. The zero-order chi connectivity index (χ0) is 13.2. The molecular formula is C15H19O3. The van der Waals surface area contributed by atoms with E-state index in [-0.39, 0.29) is 0 Å². The Morgan fingerprint density at radius 3 is 2.78 bits per heavy atom. The van der Waals surface area contributed by atoms with Crippen LogP contribution in [-0.2, 0) is 4.79 Å². The number of ether oxygens (including phenoxy) is 2. The molecule has 0 aliphatic carbocycles. The summed E-state index contributed by atoms with van der Waals surface area (Å²) in [5.74, 6) is 1.42. The van der Waals surface area contributed by atoms with Crippen LogP contribution in [0, 0.1) is 0 Å². The van der Waals surface area contributed by atoms with E-state index >= 15 is 0 Å². The maximum atomic E-state index is 10.1. The van der Waals surface area contributed by atoms with Crippen LogP contribution in [0.3, 0.4) is 0 Å². The smallest absolute Gasteiger partial charge is 0.225 e. The molecule has 0 atom stereocenters. The molecule has 3 nitrogen and oxygen atoms in total. The molecule has 1 aromatic rings. The van der Waals surface area contributed by atoms with Crippen LogP contribution < -0.4 is 9.47 Å². The van der Waals surface area contributed by atoms with E-state index in [1.165, 1.54) is 12.5 Å². The Hall–Kier alpha value is -1.77. The minimum atomic E-state index is 0.680. The number of unbranched alkanes of at least 4 members (excludes halogenated alkanes) is 2. The van der Waals surface area contributed by atoms with E-state index in [1.807, 2.05) is 18.2 Å². The van der Waals surface area contributed by atoms with Gasteiger partial charge in [-0.2, -0.15) is 0 Å². The van der Waals surface area contributed by atoms with Crippen molar-refractivity contribution in [2.45, 2.75) is 26.2 Å². The molecule has 1 aromatic carbocycles. The minimum absolute atomic E-state index is 0.680. The van der Waals surface area contributed by atoms with Crippen LogP contribution in [0.15, 0.2) is 24.3 Å². The van der Waals surface area contributed by atoms with Crippen LogP contribution >= 0.6 is 0 Å². The molecule has 0 N–H and O–H groups in total. The van der Waals surface area contributed by atoms with Crippen molar-refractivity contribution in [3.63, 3.8) is 0 Å². The molecule has 0 aromatic heterocycles. The van der Waals surface area contributed by atoms with Crippen molar-refractivity contribution >= 4 is 12.4 Å². The van der Waals surface area contributed by atoms with Gasteiger partial charge in [0.25, 0.3) is 0 Å². The maximum Gasteiger partial charge on any atom is 0.225 e. The van der Waals surface area contributed by atoms with Crippen molar-refractivity contribution in [3.8, 4) is 11.5 Å². The van der Waals surface area contributed by atoms with Crippen LogP contribution in [0.5, 0.6) is 11.5 Å². The largest absolute Gasteiger partial charge is 0.493 e. The lowest BCUT2D eigenvalue weighted by molar-refractivity contribution is 0.286. The van der Waals surface area contributed by atoms with Gasteiger partial charge in [0.1, 0.15) is 0 Å². The summed E-state index contributed by atoms with van der Waals surface area (Å²) in [6, 6.07) is 5.57. The third-order valence-electron chi connectivity index (χ3n) is 2.54. The van der Waals surface area contributed by atoms with E-state index in [1.54, 1.807) is 19.5 Å². The second kappa shape index (κ2) is 8.34. The fraction of sp³-hybridized carbons (Fsp3) is 0.400. The summed E-state index contributed by atoms with van der Waals surface area (Å²) in [5.41, 5.74) is 0.885. The number of hydrogen-bond donors (Lipinski definition) is 0. The van der Waals surface area contributed by atoms with Crippen molar-refractivity contribution in [1.82, 2.24) is 0 Å². The quantitative estimate of drug-likeness (QED) is 0.522. The van der Waals surface area contributed by atoms with Crippen LogP contribution in [0.25, 0.3) is 6.08 Å². The van der Waals surface area contributed by atoms with Gasteiger partial charge in [0.05, 0.1) is 13.7 Å². The van der Waals surface area contributed by atoms with E-state index < -0.39 is 0 Å². The average molecular weight is 247 g/mol. The Morgan fingerprint density at radius 2 is 2.11 bits per heavy atom. The number of methoxy groups -OCH3 is 1. The molecule has 0 spiro atoms. The van der Waals surface area contributed by atoms with Gasteiger partial charge in [-0.25, -0.2) is 0 Å². The molecule has 1 rings (SSSR count). The van der Waals surface area contributed by atoms with Gasteiger partial charge >= 0.3 is 0 Å². The molecule has 1 radical (unpaired) electrons. The molecule has 18 heavy (non-hydrogen) atoms. The molecule has 0 saturated heterocycles. The molecule has 0 fully saturated rings. The highest BCUT2D eigenvalue weighted by molar-refractivity contribution is 5.74. The lowest BCUT2D eigenvalue weighted by Gasteiger charge is -2.11. The van der Waals surface area contributed by atoms with Gasteiger partial charge in [-0.3, -0.25) is 4.79 Å². The van der Waals surface area contributed by atoms with Crippen molar-refractivity contribution in [2.75, 3.05) is 13.7 Å². The van der Waals surface area contributed by atoms with Crippen LogP contribution in [0.2, 0.25) is 0 Å². The SMILES string of the molecule is CCCCCOc1ccc(/C=C/[C]=O)cc1OC. The molecule has 0 aliphatic rings. The standard InChI is InChI=1S/C15H19O3/c1-3-4-5-11-18-14-9-8-13(7-6-10-16)12-15(14)17-2/h6-9,12H,3-5,11H2,1-2H3/b7-6+. The first-order chi connectivity index (χ1) is 8.81. The zero-order valence-electron chi connectivity index (χ0n) is 10.9. The molecule has 0 amide bonds. The van der Waals surface area contributed by atoms with E-state index in [9.17, 15) is 4.79 Å². The highest BCUT2D eigenvalue weighted by Crippen LogP contribution is 2.28. The molecule has 3 heteroatoms. The first-order valence-corrected chi connectivity index (χ1v) is 6.17. The van der Waals surface area contributed by atoms with Crippen LogP contribution in [0.1, 0.15) is 31.7 Å². The molecule has 0 bridgehead atoms. The minimum Gasteiger partial charge on any atom is -0.493 e. The number of carbonyl (C=O) groups excluding carboxylic acids is 1. The third-order valence-corrected chi connectivity index (χ3v) is 2.54. The Bertz CT molecular complexity index is 397. The third kappa shape index (κ3) is 4.62. The fourth-order valence-corrected chi connectivity index (χ4v) is 1.57. The summed E-state index contributed by atoms with van der Waals surface area (Å²) in [6.07, 6.45) is 8.10. The summed E-state index contributed by atoms with van der Waals surface area (Å²) in [5, 5.41) is 0. The fourth-order valence-electron chi connectivity index (χ4n) is 1.57. The normalized spacial score (nSPS) is 10.6. The predicted molar refractivity (Wildman–Crippen MR) is 72.7 cm³/mol. The van der Waals surface area contributed by atoms with Gasteiger partial charge in [0, 0.05) is 0 Å². The molecule has 0 aliphatic heterocycles. The monoisotopic (exact) mass is 247 g/mol. The maximum absolute atomic E-state index is 10.1. The van der Waals surface area contributed by atoms with Crippen molar-refractivity contribution < 1.29 is 14.3 Å². The Morgan fingerprint density at radius 1 is 1.28 bits per heavy atom. The Kier molecular flexibility index (Phi) is 6.62. The Labute approximate surface area is 108 Å². The summed E-state index contributed by atoms with van der Waals surface area (Å²) in [4.78, 5) is 10.1. The number of hydrogen-bond acceptors (Lipinski definition) is 3. The van der Waals surface area contributed by atoms with Gasteiger partial charge < -0.3 is 9.47 Å². The van der Waals surface area contributed by atoms with Crippen molar-refractivity contribution in [2.24, 2.45) is 0 Å². The highest BCUT2D eigenvalue weighted by Gasteiger charge is 2.04. The predicted octanol–water partition coefficient (Wildman–Crippen LogP) is 3.39. The van der Waals surface area contributed by atoms with Gasteiger partial charge in [-0.15, -0.1) is 0 Å². The lowest BCUT2D eigenvalue weighted by atomic mass is 10.2. The summed E-state index contributed by atoms with van der Waals surface area (Å²) in [7, 11) is 1.60. The second-order valence-electron chi connectivity index (χ2n) is 3.92. The van der Waals surface area contributed by atoms with E-state index in [0.717, 1.165) is 24.2 Å². The number of benzene rings is 1. The number of allylic oxidation sites excluding steroid dienone is 1. The first-order valence-electron chi connectivity index (χ1n) is 6.17. The average Bonchev–Trinajstić information content (AvgIpc) is 2.42. The Balaban J connectivity index is 2.67. The summed E-state index contributed by atoms with van der Waals surface area (Å²) < 4.78 is 10.9. The van der Waals surface area contributed by atoms with Crippen molar-refractivity contribution in [1.29, 1.82) is 0 Å². The van der Waals surface area contributed by atoms with E-state index in [4.69, 9.17) is 9.47 Å². The van der Waals surface area contributed by atoms with Crippen molar-refractivity contribution in [3.05, 3.63) is 29.8 Å². The molecular weight excluding hydrogens is 228 g/mol. The number of rotatable bonds is 8. The zero-order valence-corrected chi connectivity index (χ0v) is 10.9. The van der Waals surface area contributed by atoms with E-state index in [0.29, 0.717) is 12.4 Å². The molecule has 0 heterocycles. The van der Waals surface area contributed by atoms with Gasteiger partial charge in [0.15, 0.2) is 11.5 Å². The lowest BCUT2D eigenvalue weighted by Crippen LogP contribution is -1.99. The molecule has 0 saturated carbocycles. The topological polar surface area (TPSA) is 35.5 Å².